The van der Waals surface area contributed by atoms with Crippen LogP contribution in [0.3, 0.4) is 0 Å². The zero-order valence-corrected chi connectivity index (χ0v) is 16.1. The third-order valence-corrected chi connectivity index (χ3v) is 6.58. The van der Waals surface area contributed by atoms with Crippen LogP contribution in [-0.2, 0) is 14.8 Å². The van der Waals surface area contributed by atoms with Crippen LogP contribution in [0.5, 0.6) is 5.75 Å². The van der Waals surface area contributed by atoms with Crippen molar-refractivity contribution in [1.29, 1.82) is 0 Å². The fourth-order valence-corrected chi connectivity index (χ4v) is 4.49. The van der Waals surface area contributed by atoms with Gasteiger partial charge in [0.15, 0.2) is 0 Å². The van der Waals surface area contributed by atoms with Crippen molar-refractivity contribution in [2.75, 3.05) is 22.9 Å². The monoisotopic (exact) mass is 381 g/mol. The lowest BCUT2D eigenvalue weighted by atomic mass is 9.85. The first-order valence-corrected chi connectivity index (χ1v) is 10.8. The number of hydrogen-bond donors (Lipinski definition) is 3. The van der Waals surface area contributed by atoms with Gasteiger partial charge in [-0.3, -0.25) is 9.52 Å². The van der Waals surface area contributed by atoms with Crippen molar-refractivity contribution < 1.29 is 17.9 Å². The number of carbonyl (C=O) groups excluding carboxylic acids is 1. The molecule has 1 aliphatic carbocycles. The van der Waals surface area contributed by atoms with Gasteiger partial charge < -0.3 is 15.4 Å². The molecule has 7 nitrogen and oxygen atoms in total. The average Bonchev–Trinajstić information content (AvgIpc) is 3.07. The van der Waals surface area contributed by atoms with Crippen molar-refractivity contribution in [1.82, 2.24) is 5.32 Å². The number of amides is 1. The molecule has 1 saturated carbocycles. The van der Waals surface area contributed by atoms with E-state index in [9.17, 15) is 13.2 Å². The Labute approximate surface area is 154 Å². The van der Waals surface area contributed by atoms with Gasteiger partial charge in [0.2, 0.25) is 15.9 Å². The van der Waals surface area contributed by atoms with Gasteiger partial charge in [0.25, 0.3) is 0 Å². The minimum absolute atomic E-state index is 0.0235. The third-order valence-electron chi connectivity index (χ3n) is 5.29. The lowest BCUT2D eigenvalue weighted by molar-refractivity contribution is -0.117. The van der Waals surface area contributed by atoms with E-state index in [1.54, 1.807) is 25.1 Å². The second-order valence-corrected chi connectivity index (χ2v) is 9.03. The molecule has 8 heteroatoms. The Morgan fingerprint density at radius 3 is 2.77 bits per heavy atom. The molecule has 1 aliphatic heterocycles. The molecule has 3 rings (SSSR count). The number of fused-ring (bicyclic) bond motifs is 1. The molecule has 2 fully saturated rings. The van der Waals surface area contributed by atoms with Crippen LogP contribution in [0, 0.1) is 5.92 Å². The van der Waals surface area contributed by atoms with Crippen molar-refractivity contribution in [3.63, 3.8) is 0 Å². The van der Waals surface area contributed by atoms with Crippen LogP contribution in [0.15, 0.2) is 18.2 Å². The van der Waals surface area contributed by atoms with Gasteiger partial charge in [0.05, 0.1) is 24.6 Å². The Morgan fingerprint density at radius 2 is 2.08 bits per heavy atom. The van der Waals surface area contributed by atoms with Crippen molar-refractivity contribution in [2.45, 2.75) is 51.1 Å². The second-order valence-electron chi connectivity index (χ2n) is 7.02. The quantitative estimate of drug-likeness (QED) is 0.703. The molecule has 3 unspecified atom stereocenters. The number of sulfonamides is 1. The largest absolute Gasteiger partial charge is 0.494 e. The fraction of sp³-hybridized carbons (Fsp3) is 0.611. The number of benzene rings is 1. The van der Waals surface area contributed by atoms with E-state index in [2.05, 4.69) is 15.4 Å². The molecule has 0 spiro atoms. The van der Waals surface area contributed by atoms with Crippen LogP contribution < -0.4 is 20.1 Å². The maximum atomic E-state index is 12.6. The number of carbonyl (C=O) groups is 1. The molecule has 0 radical (unpaired) electrons. The Kier molecular flexibility index (Phi) is 5.72. The average molecular weight is 381 g/mol. The smallest absolute Gasteiger partial charge is 0.241 e. The zero-order valence-electron chi connectivity index (χ0n) is 15.2. The molecule has 1 heterocycles. The van der Waals surface area contributed by atoms with E-state index in [4.69, 9.17) is 4.74 Å². The number of methoxy groups -OCH3 is 1. The molecule has 0 bridgehead atoms. The minimum atomic E-state index is -3.39. The van der Waals surface area contributed by atoms with Crippen LogP contribution in [0.4, 0.5) is 11.4 Å². The lowest BCUT2D eigenvalue weighted by Crippen LogP contribution is -2.39. The third kappa shape index (κ3) is 4.29. The van der Waals surface area contributed by atoms with Gasteiger partial charge in [-0.1, -0.05) is 12.8 Å². The molecule has 144 valence electrons. The summed E-state index contributed by atoms with van der Waals surface area (Å²) in [5.74, 6) is 0.890. The summed E-state index contributed by atoms with van der Waals surface area (Å²) >= 11 is 0. The molecule has 26 heavy (non-hydrogen) atoms. The van der Waals surface area contributed by atoms with Crippen LogP contribution in [-0.4, -0.2) is 39.3 Å². The Morgan fingerprint density at radius 1 is 1.31 bits per heavy atom. The number of anilines is 2. The summed E-state index contributed by atoms with van der Waals surface area (Å²) in [6.45, 7) is 1.57. The summed E-state index contributed by atoms with van der Waals surface area (Å²) in [5.41, 5.74) is 0.945. The number of rotatable bonds is 6. The number of ether oxygens (including phenoxy) is 1. The van der Waals surface area contributed by atoms with Gasteiger partial charge in [-0.25, -0.2) is 8.42 Å². The SMILES string of the molecule is CCS(=O)(=O)Nc1ccc(NC(=O)C2CC3CCCCC3N2)cc1OC. The molecule has 1 aromatic carbocycles. The summed E-state index contributed by atoms with van der Waals surface area (Å²) < 4.78 is 31.3. The maximum absolute atomic E-state index is 12.6. The van der Waals surface area contributed by atoms with Crippen molar-refractivity contribution in [3.8, 4) is 5.75 Å². The van der Waals surface area contributed by atoms with Crippen LogP contribution in [0.1, 0.15) is 39.0 Å². The Balaban J connectivity index is 1.67. The van der Waals surface area contributed by atoms with Crippen LogP contribution in [0.25, 0.3) is 0 Å². The molecular formula is C18H27N3O4S. The normalized spacial score (nSPS) is 25.4. The van der Waals surface area contributed by atoms with Crippen molar-refractivity contribution in [3.05, 3.63) is 18.2 Å². The van der Waals surface area contributed by atoms with Gasteiger partial charge >= 0.3 is 0 Å². The molecule has 1 amide bonds. The number of hydrogen-bond acceptors (Lipinski definition) is 5. The molecular weight excluding hydrogens is 354 g/mol. The van der Waals surface area contributed by atoms with E-state index < -0.39 is 10.0 Å². The summed E-state index contributed by atoms with van der Waals surface area (Å²) in [6.07, 6.45) is 5.70. The first kappa shape index (κ1) is 19.0. The predicted octanol–water partition coefficient (Wildman–Crippen LogP) is 2.32. The molecule has 1 aromatic rings. The summed E-state index contributed by atoms with van der Waals surface area (Å²) in [6, 6.07) is 5.19. The van der Waals surface area contributed by atoms with Gasteiger partial charge in [-0.2, -0.15) is 0 Å². The highest BCUT2D eigenvalue weighted by Crippen LogP contribution is 2.34. The molecule has 3 N–H and O–H groups in total. The van der Waals surface area contributed by atoms with Gasteiger partial charge in [0, 0.05) is 17.8 Å². The van der Waals surface area contributed by atoms with E-state index in [-0.39, 0.29) is 17.7 Å². The zero-order chi connectivity index (χ0) is 18.7. The topological polar surface area (TPSA) is 96.5 Å². The van der Waals surface area contributed by atoms with Crippen LogP contribution in [0.2, 0.25) is 0 Å². The van der Waals surface area contributed by atoms with E-state index in [0.29, 0.717) is 29.1 Å². The van der Waals surface area contributed by atoms with Gasteiger partial charge in [-0.05, 0) is 44.2 Å². The molecule has 1 saturated heterocycles. The first-order chi connectivity index (χ1) is 12.4. The highest BCUT2D eigenvalue weighted by molar-refractivity contribution is 7.92. The van der Waals surface area contributed by atoms with Crippen molar-refractivity contribution in [2.24, 2.45) is 5.92 Å². The number of nitrogens with one attached hydrogen (secondary N) is 3. The van der Waals surface area contributed by atoms with E-state index in [1.165, 1.54) is 26.4 Å². The molecule has 3 atom stereocenters. The van der Waals surface area contributed by atoms with Gasteiger partial charge in [0.1, 0.15) is 5.75 Å². The van der Waals surface area contributed by atoms with E-state index in [0.717, 1.165) is 12.8 Å². The molecule has 2 aliphatic rings. The minimum Gasteiger partial charge on any atom is -0.494 e. The Bertz CT molecular complexity index is 752. The summed E-state index contributed by atoms with van der Waals surface area (Å²) in [4.78, 5) is 12.6. The predicted molar refractivity (Wildman–Crippen MR) is 102 cm³/mol. The standard InChI is InChI=1S/C18H27N3O4S/c1-3-26(23,24)21-15-9-8-13(11-17(15)25-2)19-18(22)16-10-12-6-4-5-7-14(12)20-16/h8-9,11-12,14,16,20-21H,3-7,10H2,1-2H3,(H,19,22). The van der Waals surface area contributed by atoms with Crippen LogP contribution >= 0.6 is 0 Å². The molecule has 0 aromatic heterocycles. The first-order valence-electron chi connectivity index (χ1n) is 9.17. The summed E-state index contributed by atoms with van der Waals surface area (Å²) in [5, 5.41) is 6.37. The fourth-order valence-electron chi connectivity index (χ4n) is 3.84. The van der Waals surface area contributed by atoms with E-state index >= 15 is 0 Å². The maximum Gasteiger partial charge on any atom is 0.241 e. The highest BCUT2D eigenvalue weighted by Gasteiger charge is 2.38. The van der Waals surface area contributed by atoms with Crippen molar-refractivity contribution >= 4 is 27.3 Å². The van der Waals surface area contributed by atoms with Gasteiger partial charge in [-0.15, -0.1) is 0 Å². The lowest BCUT2D eigenvalue weighted by Gasteiger charge is -2.24. The summed E-state index contributed by atoms with van der Waals surface area (Å²) in [7, 11) is -1.93. The van der Waals surface area contributed by atoms with E-state index in [1.807, 2.05) is 0 Å². The second kappa shape index (κ2) is 7.84. The Hall–Kier alpha value is -1.80. The highest BCUT2D eigenvalue weighted by atomic mass is 32.2.